The summed E-state index contributed by atoms with van der Waals surface area (Å²) in [4.78, 5) is 84.0. The highest BCUT2D eigenvalue weighted by Gasteiger charge is 2.42. The molecule has 1 aliphatic heterocycles. The minimum atomic E-state index is -0.798. The van der Waals surface area contributed by atoms with Gasteiger partial charge in [-0.2, -0.15) is 0 Å². The van der Waals surface area contributed by atoms with E-state index in [0.717, 1.165) is 12.8 Å². The molecule has 1 aliphatic rings. The number of ether oxygens (including phenoxy) is 3. The van der Waals surface area contributed by atoms with Gasteiger partial charge in [0.2, 0.25) is 29.5 Å². The predicted molar refractivity (Wildman–Crippen MR) is 215 cm³/mol. The summed E-state index contributed by atoms with van der Waals surface area (Å²) in [5, 5.41) is 8.28. The summed E-state index contributed by atoms with van der Waals surface area (Å²) in [6, 6.07) is -2.05. The van der Waals surface area contributed by atoms with E-state index in [9.17, 15) is 28.8 Å². The molecule has 1 saturated heterocycles. The van der Waals surface area contributed by atoms with Gasteiger partial charge in [0.15, 0.2) is 0 Å². The highest BCUT2D eigenvalue weighted by atomic mass is 16.5. The van der Waals surface area contributed by atoms with Crippen molar-refractivity contribution >= 4 is 35.5 Å². The van der Waals surface area contributed by atoms with E-state index in [4.69, 9.17) is 19.9 Å². The molecule has 0 aromatic rings. The third-order valence-electron chi connectivity index (χ3n) is 11.1. The molecule has 16 nitrogen and oxygen atoms in total. The van der Waals surface area contributed by atoms with Crippen LogP contribution in [-0.4, -0.2) is 155 Å². The van der Waals surface area contributed by atoms with Gasteiger partial charge in [-0.25, -0.2) is 0 Å². The molecular formula is C40H75N7O9. The summed E-state index contributed by atoms with van der Waals surface area (Å²) < 4.78 is 17.1. The number of nitrogens with two attached hydrogens (primary N) is 1. The standard InChI is InChI=1S/C40H75N7O9/c1-14-26(4)34(46(11)38(52)28(6)44-37(51)33(25(2)3)45(9)10)30(54-12)23-32(49)47-21-15-17-29(47)35(55-13)27(5)36(50)43-24-31(48)42-20-16-22-56-39(53)40(7,8)18-19-41/h25-30,33-35H,14-24,41H2,1-13H3,(H,42,48)(H,43,50)(H,44,51). The molecule has 0 aromatic heterocycles. The van der Waals surface area contributed by atoms with Gasteiger partial charge < -0.3 is 45.7 Å². The highest BCUT2D eigenvalue weighted by Crippen LogP contribution is 2.29. The smallest absolute Gasteiger partial charge is 0.311 e. The van der Waals surface area contributed by atoms with E-state index >= 15 is 0 Å². The second kappa shape index (κ2) is 24.4. The molecular weight excluding hydrogens is 722 g/mol. The van der Waals surface area contributed by atoms with Crippen LogP contribution in [0.5, 0.6) is 0 Å². The van der Waals surface area contributed by atoms with Gasteiger partial charge in [0.05, 0.1) is 61.2 Å². The molecule has 8 unspecified atom stereocenters. The molecule has 0 bridgehead atoms. The van der Waals surface area contributed by atoms with E-state index in [1.807, 2.05) is 46.7 Å². The van der Waals surface area contributed by atoms with Crippen LogP contribution in [0.1, 0.15) is 93.9 Å². The second-order valence-electron chi connectivity index (χ2n) is 16.5. The van der Waals surface area contributed by atoms with Gasteiger partial charge in [-0.1, -0.05) is 41.0 Å². The van der Waals surface area contributed by atoms with E-state index in [0.29, 0.717) is 32.4 Å². The fraction of sp³-hybridized carbons (Fsp3) is 0.850. The van der Waals surface area contributed by atoms with Crippen molar-refractivity contribution in [3.05, 3.63) is 0 Å². The van der Waals surface area contributed by atoms with Crippen molar-refractivity contribution in [2.24, 2.45) is 28.9 Å². The van der Waals surface area contributed by atoms with Crippen LogP contribution in [0.4, 0.5) is 0 Å². The Morgan fingerprint density at radius 2 is 1.59 bits per heavy atom. The number of nitrogens with one attached hydrogen (secondary N) is 3. The molecule has 0 aromatic carbocycles. The Kier molecular flexibility index (Phi) is 22.1. The van der Waals surface area contributed by atoms with Crippen LogP contribution in [0.2, 0.25) is 0 Å². The summed E-state index contributed by atoms with van der Waals surface area (Å²) in [5.41, 5.74) is 4.89. The first-order chi connectivity index (χ1) is 26.2. The van der Waals surface area contributed by atoms with Crippen LogP contribution in [0.15, 0.2) is 0 Å². The topological polar surface area (TPSA) is 202 Å². The van der Waals surface area contributed by atoms with Crippen LogP contribution in [-0.2, 0) is 43.0 Å². The highest BCUT2D eigenvalue weighted by molar-refractivity contribution is 5.90. The maximum absolute atomic E-state index is 14.0. The number of amides is 5. The number of nitrogens with zero attached hydrogens (tertiary/aromatic N) is 3. The lowest BCUT2D eigenvalue weighted by atomic mass is 9.90. The van der Waals surface area contributed by atoms with Gasteiger partial charge in [-0.05, 0) is 78.9 Å². The van der Waals surface area contributed by atoms with Crippen molar-refractivity contribution in [3.8, 4) is 0 Å². The summed E-state index contributed by atoms with van der Waals surface area (Å²) in [5.74, 6) is -2.48. The van der Waals surface area contributed by atoms with Gasteiger partial charge in [0.25, 0.3) is 0 Å². The molecule has 1 rings (SSSR count). The molecule has 1 fully saturated rings. The molecule has 16 heteroatoms. The average molecular weight is 798 g/mol. The number of carbonyl (C=O) groups excluding carboxylic acids is 6. The second-order valence-corrected chi connectivity index (χ2v) is 16.5. The van der Waals surface area contributed by atoms with E-state index in [-0.39, 0.29) is 79.5 Å². The molecule has 56 heavy (non-hydrogen) atoms. The minimum Gasteiger partial charge on any atom is -0.465 e. The Balaban J connectivity index is 2.91. The largest absolute Gasteiger partial charge is 0.465 e. The first-order valence-electron chi connectivity index (χ1n) is 20.2. The van der Waals surface area contributed by atoms with Gasteiger partial charge >= 0.3 is 5.97 Å². The zero-order valence-corrected chi connectivity index (χ0v) is 36.6. The molecule has 0 saturated carbocycles. The normalized spacial score (nSPS) is 18.4. The first kappa shape index (κ1) is 50.7. The maximum atomic E-state index is 14.0. The van der Waals surface area contributed by atoms with E-state index in [1.165, 1.54) is 14.2 Å². The third kappa shape index (κ3) is 14.9. The Morgan fingerprint density at radius 3 is 2.12 bits per heavy atom. The number of methoxy groups -OCH3 is 2. The number of carbonyl (C=O) groups is 6. The van der Waals surface area contributed by atoms with Crippen molar-refractivity contribution in [1.82, 2.24) is 30.7 Å². The van der Waals surface area contributed by atoms with Crippen molar-refractivity contribution in [2.45, 2.75) is 130 Å². The average Bonchev–Trinajstić information content (AvgIpc) is 3.62. The molecule has 5 N–H and O–H groups in total. The Bertz CT molecular complexity index is 1270. The summed E-state index contributed by atoms with van der Waals surface area (Å²) in [6.07, 6.45) is 1.71. The lowest BCUT2D eigenvalue weighted by Crippen LogP contribution is -2.57. The van der Waals surface area contributed by atoms with Gasteiger partial charge in [0, 0.05) is 34.4 Å². The fourth-order valence-corrected chi connectivity index (χ4v) is 7.62. The lowest BCUT2D eigenvalue weighted by molar-refractivity contribution is -0.154. The van der Waals surface area contributed by atoms with Crippen molar-refractivity contribution in [1.29, 1.82) is 0 Å². The number of hydrogen-bond acceptors (Lipinski definition) is 11. The maximum Gasteiger partial charge on any atom is 0.311 e. The van der Waals surface area contributed by atoms with Crippen LogP contribution in [0, 0.1) is 23.2 Å². The predicted octanol–water partition coefficient (Wildman–Crippen LogP) is 1.54. The van der Waals surface area contributed by atoms with Crippen LogP contribution < -0.4 is 21.7 Å². The van der Waals surface area contributed by atoms with Crippen LogP contribution in [0.25, 0.3) is 0 Å². The Hall–Kier alpha value is -3.34. The van der Waals surface area contributed by atoms with Crippen molar-refractivity contribution in [2.75, 3.05) is 68.1 Å². The molecule has 0 spiro atoms. The lowest BCUT2D eigenvalue weighted by Gasteiger charge is -2.40. The first-order valence-corrected chi connectivity index (χ1v) is 20.2. The molecule has 5 amide bonds. The Labute approximate surface area is 336 Å². The quantitative estimate of drug-likeness (QED) is 0.0772. The number of esters is 1. The van der Waals surface area contributed by atoms with Crippen molar-refractivity contribution in [3.63, 3.8) is 0 Å². The summed E-state index contributed by atoms with van der Waals surface area (Å²) in [7, 11) is 8.39. The molecule has 1 heterocycles. The Morgan fingerprint density at radius 1 is 0.946 bits per heavy atom. The molecule has 324 valence electrons. The number of hydrogen-bond donors (Lipinski definition) is 4. The fourth-order valence-electron chi connectivity index (χ4n) is 7.62. The number of likely N-dealkylation sites (N-methyl/N-ethyl adjacent to an activating group) is 2. The molecule has 0 aliphatic carbocycles. The van der Waals surface area contributed by atoms with Gasteiger partial charge in [-0.15, -0.1) is 0 Å². The van der Waals surface area contributed by atoms with E-state index in [2.05, 4.69) is 16.0 Å². The number of likely N-dealkylation sites (tertiary alicyclic amines) is 1. The van der Waals surface area contributed by atoms with Gasteiger partial charge in [-0.3, -0.25) is 33.7 Å². The van der Waals surface area contributed by atoms with Gasteiger partial charge in [0.1, 0.15) is 6.04 Å². The zero-order chi connectivity index (χ0) is 42.9. The van der Waals surface area contributed by atoms with Crippen LogP contribution >= 0.6 is 0 Å². The monoisotopic (exact) mass is 798 g/mol. The third-order valence-corrected chi connectivity index (χ3v) is 11.1. The number of rotatable bonds is 25. The molecule has 0 radical (unpaired) electrons. The molecule has 8 atom stereocenters. The summed E-state index contributed by atoms with van der Waals surface area (Å²) in [6.45, 7) is 15.9. The zero-order valence-electron chi connectivity index (χ0n) is 36.6. The summed E-state index contributed by atoms with van der Waals surface area (Å²) >= 11 is 0. The van der Waals surface area contributed by atoms with E-state index < -0.39 is 41.7 Å². The van der Waals surface area contributed by atoms with E-state index in [1.54, 1.807) is 44.5 Å². The van der Waals surface area contributed by atoms with Crippen LogP contribution in [0.3, 0.4) is 0 Å². The van der Waals surface area contributed by atoms with Crippen molar-refractivity contribution < 1.29 is 43.0 Å². The minimum absolute atomic E-state index is 0.00172. The SMILES string of the molecule is CCC(C)C(C(CC(=O)N1CCCC1C(OC)C(C)C(=O)NCC(=O)NCCCOC(=O)C(C)(C)CCN)OC)N(C)C(=O)C(C)NC(=O)C(C(C)C)N(C)C.